The maximum Gasteiger partial charge on any atom is 0.329 e. The zero-order chi connectivity index (χ0) is 21.3. The van der Waals surface area contributed by atoms with Crippen LogP contribution in [0.2, 0.25) is 0 Å². The first-order valence-corrected chi connectivity index (χ1v) is 10.2. The van der Waals surface area contributed by atoms with Gasteiger partial charge in [0, 0.05) is 24.3 Å². The molecule has 0 saturated carbocycles. The number of carbonyl (C=O) groups excluding carboxylic acids is 3. The van der Waals surface area contributed by atoms with Gasteiger partial charge in [0.1, 0.15) is 12.6 Å². The molecule has 0 aliphatic rings. The van der Waals surface area contributed by atoms with Crippen molar-refractivity contribution in [2.75, 3.05) is 5.32 Å². The van der Waals surface area contributed by atoms with Crippen molar-refractivity contribution < 1.29 is 19.1 Å². The standard InChI is InChI=1S/C22H21N3O4S/c1-15(26)23-22-24-18(14-30-22)13-29-21(28)19(12-16-8-4-2-5-9-16)25-20(27)17-10-6-3-7-11-17/h2-11,14,19H,12-13H2,1H3,(H,25,27)(H,23,24,26). The van der Waals surface area contributed by atoms with Crippen molar-refractivity contribution in [2.24, 2.45) is 0 Å². The molecule has 30 heavy (non-hydrogen) atoms. The van der Waals surface area contributed by atoms with Crippen molar-refractivity contribution in [3.05, 3.63) is 82.9 Å². The van der Waals surface area contributed by atoms with Crippen LogP contribution in [0.3, 0.4) is 0 Å². The van der Waals surface area contributed by atoms with E-state index in [2.05, 4.69) is 15.6 Å². The van der Waals surface area contributed by atoms with Crippen LogP contribution < -0.4 is 10.6 Å². The fourth-order valence-electron chi connectivity index (χ4n) is 2.70. The minimum Gasteiger partial charge on any atom is -0.458 e. The Labute approximate surface area is 178 Å². The monoisotopic (exact) mass is 423 g/mol. The van der Waals surface area contributed by atoms with Crippen LogP contribution in [-0.2, 0) is 27.4 Å². The summed E-state index contributed by atoms with van der Waals surface area (Å²) in [6.07, 6.45) is 0.298. The number of benzene rings is 2. The molecular weight excluding hydrogens is 402 g/mol. The first kappa shape index (κ1) is 21.2. The molecule has 3 aromatic rings. The fraction of sp³-hybridized carbons (Fsp3) is 0.182. The van der Waals surface area contributed by atoms with E-state index >= 15 is 0 Å². The second kappa shape index (κ2) is 10.3. The minimum absolute atomic E-state index is 0.0542. The van der Waals surface area contributed by atoms with Crippen molar-refractivity contribution in [1.82, 2.24) is 10.3 Å². The van der Waals surface area contributed by atoms with Crippen LogP contribution in [0.4, 0.5) is 5.13 Å². The van der Waals surface area contributed by atoms with Crippen LogP contribution in [0.5, 0.6) is 0 Å². The van der Waals surface area contributed by atoms with E-state index in [1.165, 1.54) is 18.3 Å². The molecule has 0 spiro atoms. The van der Waals surface area contributed by atoms with Gasteiger partial charge in [-0.15, -0.1) is 11.3 Å². The summed E-state index contributed by atoms with van der Waals surface area (Å²) in [5, 5.41) is 7.48. The van der Waals surface area contributed by atoms with E-state index < -0.39 is 12.0 Å². The number of nitrogens with zero attached hydrogens (tertiary/aromatic N) is 1. The predicted molar refractivity (Wildman–Crippen MR) is 114 cm³/mol. The number of thiazole rings is 1. The topological polar surface area (TPSA) is 97.4 Å². The van der Waals surface area contributed by atoms with Gasteiger partial charge in [-0.05, 0) is 17.7 Å². The smallest absolute Gasteiger partial charge is 0.329 e. The zero-order valence-corrected chi connectivity index (χ0v) is 17.1. The van der Waals surface area contributed by atoms with E-state index in [4.69, 9.17) is 4.74 Å². The highest BCUT2D eigenvalue weighted by molar-refractivity contribution is 7.13. The summed E-state index contributed by atoms with van der Waals surface area (Å²) < 4.78 is 5.40. The summed E-state index contributed by atoms with van der Waals surface area (Å²) in [4.78, 5) is 40.6. The number of nitrogens with one attached hydrogen (secondary N) is 2. The van der Waals surface area contributed by atoms with Gasteiger partial charge in [0.15, 0.2) is 5.13 Å². The number of rotatable bonds is 8. The molecule has 1 atom stereocenters. The minimum atomic E-state index is -0.853. The second-order valence-electron chi connectivity index (χ2n) is 6.51. The number of ether oxygens (including phenoxy) is 1. The highest BCUT2D eigenvalue weighted by Gasteiger charge is 2.24. The van der Waals surface area contributed by atoms with E-state index in [0.29, 0.717) is 22.8 Å². The van der Waals surface area contributed by atoms with E-state index in [9.17, 15) is 14.4 Å². The van der Waals surface area contributed by atoms with Gasteiger partial charge >= 0.3 is 5.97 Å². The molecule has 0 aliphatic carbocycles. The molecule has 0 fully saturated rings. The second-order valence-corrected chi connectivity index (χ2v) is 7.37. The molecule has 1 unspecified atom stereocenters. The molecule has 154 valence electrons. The lowest BCUT2D eigenvalue weighted by Crippen LogP contribution is -2.43. The number of amides is 2. The number of esters is 1. The Morgan fingerprint density at radius 3 is 2.37 bits per heavy atom. The van der Waals surface area contributed by atoms with Gasteiger partial charge in [0.25, 0.3) is 5.91 Å². The molecule has 0 saturated heterocycles. The molecule has 1 heterocycles. The van der Waals surface area contributed by atoms with E-state index in [1.54, 1.807) is 29.6 Å². The van der Waals surface area contributed by atoms with Gasteiger partial charge < -0.3 is 15.4 Å². The summed E-state index contributed by atoms with van der Waals surface area (Å²) in [6, 6.07) is 17.2. The molecule has 0 aliphatic heterocycles. The first-order valence-electron chi connectivity index (χ1n) is 9.29. The Balaban J connectivity index is 1.67. The Hall–Kier alpha value is -3.52. The normalized spacial score (nSPS) is 11.4. The molecule has 0 bridgehead atoms. The summed E-state index contributed by atoms with van der Waals surface area (Å²) in [6.45, 7) is 1.34. The van der Waals surface area contributed by atoms with Crippen molar-refractivity contribution in [2.45, 2.75) is 26.0 Å². The molecule has 8 heteroatoms. The average molecular weight is 423 g/mol. The first-order chi connectivity index (χ1) is 14.5. The Morgan fingerprint density at radius 1 is 1.03 bits per heavy atom. The summed E-state index contributed by atoms with van der Waals surface area (Å²) >= 11 is 1.24. The third kappa shape index (κ3) is 6.25. The van der Waals surface area contributed by atoms with Gasteiger partial charge in [-0.1, -0.05) is 48.5 Å². The highest BCUT2D eigenvalue weighted by atomic mass is 32.1. The van der Waals surface area contributed by atoms with Gasteiger partial charge in [0.05, 0.1) is 5.69 Å². The Bertz CT molecular complexity index is 1010. The number of aromatic nitrogens is 1. The predicted octanol–water partition coefficient (Wildman–Crippen LogP) is 3.19. The number of anilines is 1. The van der Waals surface area contributed by atoms with Crippen molar-refractivity contribution in [3.8, 4) is 0 Å². The maximum absolute atomic E-state index is 12.7. The van der Waals surface area contributed by atoms with Crippen LogP contribution in [0.1, 0.15) is 28.5 Å². The summed E-state index contributed by atoms with van der Waals surface area (Å²) in [7, 11) is 0. The van der Waals surface area contributed by atoms with Crippen LogP contribution in [-0.4, -0.2) is 28.8 Å². The quantitative estimate of drug-likeness (QED) is 0.543. The lowest BCUT2D eigenvalue weighted by atomic mass is 10.1. The van der Waals surface area contributed by atoms with Crippen LogP contribution in [0.15, 0.2) is 66.0 Å². The largest absolute Gasteiger partial charge is 0.458 e. The third-order valence-corrected chi connectivity index (χ3v) is 4.91. The van der Waals surface area contributed by atoms with Gasteiger partial charge in [0.2, 0.25) is 5.91 Å². The zero-order valence-electron chi connectivity index (χ0n) is 16.3. The third-order valence-electron chi connectivity index (χ3n) is 4.11. The van der Waals surface area contributed by atoms with Crippen LogP contribution in [0.25, 0.3) is 0 Å². The molecule has 1 aromatic heterocycles. The van der Waals surface area contributed by atoms with E-state index in [-0.39, 0.29) is 18.4 Å². The maximum atomic E-state index is 12.7. The summed E-state index contributed by atoms with van der Waals surface area (Å²) in [5.74, 6) is -1.13. The number of carbonyl (C=O) groups is 3. The lowest BCUT2D eigenvalue weighted by Gasteiger charge is -2.18. The Kier molecular flexibility index (Phi) is 7.29. The molecular formula is C22H21N3O4S. The molecule has 0 radical (unpaired) electrons. The molecule has 3 rings (SSSR count). The number of hydrogen-bond acceptors (Lipinski definition) is 6. The SMILES string of the molecule is CC(=O)Nc1nc(COC(=O)C(Cc2ccccc2)NC(=O)c2ccccc2)cs1. The molecule has 2 aromatic carbocycles. The fourth-order valence-corrected chi connectivity index (χ4v) is 3.44. The van der Waals surface area contributed by atoms with Crippen molar-refractivity contribution in [1.29, 1.82) is 0 Å². The summed E-state index contributed by atoms with van der Waals surface area (Å²) in [5.41, 5.74) is 1.88. The lowest BCUT2D eigenvalue weighted by molar-refractivity contribution is -0.147. The van der Waals surface area contributed by atoms with Crippen molar-refractivity contribution >= 4 is 34.3 Å². The highest BCUT2D eigenvalue weighted by Crippen LogP contribution is 2.16. The number of hydrogen-bond donors (Lipinski definition) is 2. The van der Waals surface area contributed by atoms with Crippen LogP contribution in [0, 0.1) is 0 Å². The average Bonchev–Trinajstić information content (AvgIpc) is 3.19. The van der Waals surface area contributed by atoms with Gasteiger partial charge in [-0.25, -0.2) is 9.78 Å². The molecule has 7 nitrogen and oxygen atoms in total. The van der Waals surface area contributed by atoms with Crippen molar-refractivity contribution in [3.63, 3.8) is 0 Å². The van der Waals surface area contributed by atoms with Gasteiger partial charge in [-0.3, -0.25) is 9.59 Å². The molecule has 2 amide bonds. The van der Waals surface area contributed by atoms with Crippen LogP contribution >= 0.6 is 11.3 Å². The molecule has 2 N–H and O–H groups in total. The van der Waals surface area contributed by atoms with E-state index in [1.807, 2.05) is 36.4 Å². The van der Waals surface area contributed by atoms with E-state index in [0.717, 1.165) is 5.56 Å². The van der Waals surface area contributed by atoms with Gasteiger partial charge in [-0.2, -0.15) is 0 Å². The Morgan fingerprint density at radius 2 is 1.70 bits per heavy atom.